The molecule has 4 saturated heterocycles. The van der Waals surface area contributed by atoms with Crippen LogP contribution in [0.3, 0.4) is 0 Å². The minimum absolute atomic E-state index is 0.153. The molecular formula is C25H41N3O7S. The first kappa shape index (κ1) is 26.8. The van der Waals surface area contributed by atoms with E-state index < -0.39 is 41.9 Å². The molecule has 5 heterocycles. The summed E-state index contributed by atoms with van der Waals surface area (Å²) in [7, 11) is 0. The first-order chi connectivity index (χ1) is 17.5. The Balaban J connectivity index is 1.29. The smallest absolute Gasteiger partial charge is 0.240 e. The normalized spacial score (nSPS) is 45.3. The number of nitrogens with one attached hydrogen (secondary N) is 2. The lowest BCUT2D eigenvalue weighted by Crippen LogP contribution is -2.64. The van der Waals surface area contributed by atoms with Crippen LogP contribution in [0, 0.1) is 5.92 Å². The number of thioether (sulfide) groups is 1. The molecule has 5 aliphatic heterocycles. The molecule has 5 rings (SSSR count). The SMILES string of the molecule is O=C(NC1C/C=C\CC(CN2CCOCC2)SC2OC1C(O)C(O)C2O)C1NCC2CCCCOC21. The van der Waals surface area contributed by atoms with Gasteiger partial charge < -0.3 is 40.2 Å². The maximum absolute atomic E-state index is 13.4. The highest BCUT2D eigenvalue weighted by atomic mass is 32.2. The van der Waals surface area contributed by atoms with E-state index in [2.05, 4.69) is 21.6 Å². The highest BCUT2D eigenvalue weighted by Crippen LogP contribution is 2.35. The summed E-state index contributed by atoms with van der Waals surface area (Å²) >= 11 is 1.49. The Morgan fingerprint density at radius 1 is 1.03 bits per heavy atom. The average molecular weight is 528 g/mol. The molecule has 0 radical (unpaired) electrons. The van der Waals surface area contributed by atoms with Gasteiger partial charge in [0, 0.05) is 38.0 Å². The van der Waals surface area contributed by atoms with E-state index in [0.29, 0.717) is 32.2 Å². The third kappa shape index (κ3) is 6.10. The van der Waals surface area contributed by atoms with Gasteiger partial charge in [0.1, 0.15) is 35.9 Å². The van der Waals surface area contributed by atoms with Gasteiger partial charge in [-0.3, -0.25) is 9.69 Å². The van der Waals surface area contributed by atoms with Gasteiger partial charge in [0.15, 0.2) is 0 Å². The van der Waals surface area contributed by atoms with Crippen molar-refractivity contribution in [2.75, 3.05) is 46.0 Å². The number of fused-ring (bicyclic) bond motifs is 3. The number of rotatable bonds is 4. The van der Waals surface area contributed by atoms with Crippen molar-refractivity contribution in [1.29, 1.82) is 0 Å². The van der Waals surface area contributed by atoms with Crippen LogP contribution < -0.4 is 10.6 Å². The fourth-order valence-corrected chi connectivity index (χ4v) is 7.46. The minimum atomic E-state index is -1.35. The van der Waals surface area contributed by atoms with Crippen LogP contribution in [-0.2, 0) is 19.0 Å². The number of amides is 1. The Kier molecular flexibility index (Phi) is 9.24. The van der Waals surface area contributed by atoms with Gasteiger partial charge in [0.2, 0.25) is 5.91 Å². The van der Waals surface area contributed by atoms with E-state index in [0.717, 1.165) is 51.9 Å². The summed E-state index contributed by atoms with van der Waals surface area (Å²) in [4.78, 5) is 15.7. The monoisotopic (exact) mass is 527 g/mol. The van der Waals surface area contributed by atoms with Crippen molar-refractivity contribution in [3.05, 3.63) is 12.2 Å². The summed E-state index contributed by atoms with van der Waals surface area (Å²) in [6.07, 6.45) is 3.67. The van der Waals surface area contributed by atoms with Crippen LogP contribution in [0.4, 0.5) is 0 Å². The molecule has 2 bridgehead atoms. The minimum Gasteiger partial charge on any atom is -0.388 e. The maximum Gasteiger partial charge on any atom is 0.240 e. The van der Waals surface area contributed by atoms with Crippen LogP contribution in [0.1, 0.15) is 32.1 Å². The molecule has 10 atom stereocenters. The van der Waals surface area contributed by atoms with Crippen molar-refractivity contribution in [2.24, 2.45) is 5.92 Å². The second-order valence-electron chi connectivity index (χ2n) is 10.6. The van der Waals surface area contributed by atoms with Gasteiger partial charge in [-0.1, -0.05) is 18.6 Å². The number of ether oxygens (including phenoxy) is 3. The fourth-order valence-electron chi connectivity index (χ4n) is 6.04. The van der Waals surface area contributed by atoms with Crippen LogP contribution >= 0.6 is 11.8 Å². The zero-order valence-electron chi connectivity index (χ0n) is 20.7. The molecule has 36 heavy (non-hydrogen) atoms. The van der Waals surface area contributed by atoms with Gasteiger partial charge in [-0.15, -0.1) is 11.8 Å². The number of aliphatic hydroxyl groups is 3. The maximum atomic E-state index is 13.4. The van der Waals surface area contributed by atoms with Gasteiger partial charge in [-0.25, -0.2) is 0 Å². The van der Waals surface area contributed by atoms with Gasteiger partial charge in [-0.2, -0.15) is 0 Å². The highest BCUT2D eigenvalue weighted by Gasteiger charge is 2.49. The van der Waals surface area contributed by atoms with Gasteiger partial charge >= 0.3 is 0 Å². The molecule has 0 spiro atoms. The van der Waals surface area contributed by atoms with Crippen molar-refractivity contribution in [3.8, 4) is 0 Å². The molecule has 1 amide bonds. The molecule has 4 fully saturated rings. The topological polar surface area (TPSA) is 133 Å². The van der Waals surface area contributed by atoms with Crippen molar-refractivity contribution >= 4 is 17.7 Å². The summed E-state index contributed by atoms with van der Waals surface area (Å²) in [5, 5.41) is 38.9. The molecule has 0 saturated carbocycles. The van der Waals surface area contributed by atoms with Crippen LogP contribution in [0.15, 0.2) is 12.2 Å². The Labute approximate surface area is 217 Å². The number of nitrogens with zero attached hydrogens (tertiary/aromatic N) is 1. The molecule has 11 heteroatoms. The van der Waals surface area contributed by atoms with E-state index in [4.69, 9.17) is 14.2 Å². The first-order valence-corrected chi connectivity index (χ1v) is 14.4. The van der Waals surface area contributed by atoms with Crippen molar-refractivity contribution < 1.29 is 34.3 Å². The van der Waals surface area contributed by atoms with E-state index in [1.807, 2.05) is 6.08 Å². The Morgan fingerprint density at radius 2 is 1.83 bits per heavy atom. The zero-order valence-corrected chi connectivity index (χ0v) is 21.6. The van der Waals surface area contributed by atoms with Crippen molar-refractivity contribution in [1.82, 2.24) is 15.5 Å². The predicted octanol–water partition coefficient (Wildman–Crippen LogP) is -0.780. The van der Waals surface area contributed by atoms with Gasteiger partial charge in [-0.05, 0) is 31.6 Å². The van der Waals surface area contributed by atoms with E-state index in [-0.39, 0.29) is 17.3 Å². The van der Waals surface area contributed by atoms with Crippen LogP contribution in [0.25, 0.3) is 0 Å². The molecule has 0 aromatic rings. The van der Waals surface area contributed by atoms with E-state index in [1.165, 1.54) is 11.8 Å². The number of hydrogen-bond acceptors (Lipinski definition) is 10. The zero-order chi connectivity index (χ0) is 25.1. The standard InChI is InChI=1S/C25H41N3O7S/c29-19-20(30)23-17(27-24(32)18-22-15(13-26-18)5-3-4-10-34-22)7-2-1-6-16(36-25(35-23)21(19)31)14-28-8-11-33-12-9-28/h1-2,15-23,25-26,29-31H,3-14H2,(H,27,32)/b2-1-. The number of allylic oxidation sites excluding steroid dienone is 1. The number of morpholine rings is 1. The number of hydrogen-bond donors (Lipinski definition) is 5. The van der Waals surface area contributed by atoms with Crippen LogP contribution in [-0.4, -0.2) is 125 Å². The lowest BCUT2D eigenvalue weighted by molar-refractivity contribution is -0.205. The predicted molar refractivity (Wildman–Crippen MR) is 134 cm³/mol. The fraction of sp³-hybridized carbons (Fsp3) is 0.880. The Hall–Kier alpha value is -0.760. The molecule has 0 aromatic carbocycles. The summed E-state index contributed by atoms with van der Waals surface area (Å²) < 4.78 is 17.7. The Bertz CT molecular complexity index is 770. The van der Waals surface area contributed by atoms with Crippen molar-refractivity contribution in [2.45, 2.75) is 85.4 Å². The van der Waals surface area contributed by atoms with Gasteiger partial charge in [0.05, 0.1) is 25.4 Å². The van der Waals surface area contributed by atoms with E-state index in [9.17, 15) is 20.1 Å². The third-order valence-corrected chi connectivity index (χ3v) is 9.52. The third-order valence-electron chi connectivity index (χ3n) is 8.13. The second kappa shape index (κ2) is 12.4. The largest absolute Gasteiger partial charge is 0.388 e. The average Bonchev–Trinajstić information content (AvgIpc) is 3.15. The van der Waals surface area contributed by atoms with E-state index in [1.54, 1.807) is 0 Å². The number of aliphatic hydroxyl groups excluding tert-OH is 3. The van der Waals surface area contributed by atoms with Crippen LogP contribution in [0.2, 0.25) is 0 Å². The highest BCUT2D eigenvalue weighted by molar-refractivity contribution is 8.00. The summed E-state index contributed by atoms with van der Waals surface area (Å²) in [6, 6.07) is -0.997. The molecule has 5 aliphatic rings. The summed E-state index contributed by atoms with van der Waals surface area (Å²) in [5.41, 5.74) is -0.704. The lowest BCUT2D eigenvalue weighted by Gasteiger charge is -2.45. The Morgan fingerprint density at radius 3 is 2.67 bits per heavy atom. The summed E-state index contributed by atoms with van der Waals surface area (Å²) in [6.45, 7) is 5.41. The van der Waals surface area contributed by atoms with Crippen molar-refractivity contribution in [3.63, 3.8) is 0 Å². The molecule has 10 unspecified atom stereocenters. The number of carbonyl (C=O) groups excluding carboxylic acids is 1. The molecular weight excluding hydrogens is 486 g/mol. The molecule has 5 N–H and O–H groups in total. The molecule has 10 nitrogen and oxygen atoms in total. The molecule has 0 aromatic heterocycles. The second-order valence-corrected chi connectivity index (χ2v) is 12.1. The first-order valence-electron chi connectivity index (χ1n) is 13.5. The number of carbonyl (C=O) groups is 1. The molecule has 0 aliphatic carbocycles. The lowest BCUT2D eigenvalue weighted by atomic mass is 9.92. The van der Waals surface area contributed by atoms with Gasteiger partial charge in [0.25, 0.3) is 0 Å². The molecule has 204 valence electrons. The summed E-state index contributed by atoms with van der Waals surface area (Å²) in [5.74, 6) is 0.149. The van der Waals surface area contributed by atoms with E-state index >= 15 is 0 Å². The quantitative estimate of drug-likeness (QED) is 0.297. The van der Waals surface area contributed by atoms with Crippen LogP contribution in [0.5, 0.6) is 0 Å².